The van der Waals surface area contributed by atoms with Crippen LogP contribution >= 0.6 is 0 Å². The van der Waals surface area contributed by atoms with Gasteiger partial charge in [-0.25, -0.2) is 14.4 Å². The van der Waals surface area contributed by atoms with Crippen molar-refractivity contribution >= 4 is 17.9 Å². The quantitative estimate of drug-likeness (QED) is 0.134. The molecule has 0 unspecified atom stereocenters. The van der Waals surface area contributed by atoms with Crippen molar-refractivity contribution < 1.29 is 28.6 Å². The van der Waals surface area contributed by atoms with E-state index in [1.54, 1.807) is 0 Å². The van der Waals surface area contributed by atoms with Crippen LogP contribution in [0.4, 0.5) is 0 Å². The molecule has 0 aliphatic carbocycles. The third-order valence-electron chi connectivity index (χ3n) is 3.93. The lowest BCUT2D eigenvalue weighted by Crippen LogP contribution is -2.39. The highest BCUT2D eigenvalue weighted by Crippen LogP contribution is 2.28. The first-order valence-corrected chi connectivity index (χ1v) is 8.91. The molecule has 0 aliphatic rings. The molecule has 0 spiro atoms. The zero-order valence-electron chi connectivity index (χ0n) is 16.0. The van der Waals surface area contributed by atoms with E-state index < -0.39 is 23.3 Å². The third-order valence-corrected chi connectivity index (χ3v) is 3.93. The van der Waals surface area contributed by atoms with Crippen molar-refractivity contribution in [2.45, 2.75) is 38.5 Å². The lowest BCUT2D eigenvalue weighted by Gasteiger charge is -2.32. The molecule has 0 fully saturated rings. The van der Waals surface area contributed by atoms with Crippen molar-refractivity contribution in [1.82, 2.24) is 0 Å². The van der Waals surface area contributed by atoms with Crippen LogP contribution in [0, 0.1) is 5.41 Å². The van der Waals surface area contributed by atoms with Crippen molar-refractivity contribution in [2.75, 3.05) is 19.8 Å². The van der Waals surface area contributed by atoms with Crippen LogP contribution in [-0.2, 0) is 28.6 Å². The predicted octanol–water partition coefficient (Wildman–Crippen LogP) is 3.69. The fraction of sp³-hybridized carbons (Fsp3) is 0.476. The average molecular weight is 378 g/mol. The molecule has 0 aliphatic heterocycles. The van der Waals surface area contributed by atoms with Gasteiger partial charge >= 0.3 is 17.9 Å². The maximum atomic E-state index is 11.5. The Bertz CT molecular complexity index is 475. The molecule has 0 aromatic carbocycles. The van der Waals surface area contributed by atoms with Crippen LogP contribution in [0.15, 0.2) is 50.6 Å². The molecule has 0 amide bonds. The lowest BCUT2D eigenvalue weighted by atomic mass is 9.84. The molecule has 0 aromatic heterocycles. The predicted molar refractivity (Wildman–Crippen MR) is 104 cm³/mol. The van der Waals surface area contributed by atoms with Gasteiger partial charge in [0.05, 0.1) is 5.41 Å². The molecule has 6 heteroatoms. The number of hydrogen-bond donors (Lipinski definition) is 0. The first-order valence-electron chi connectivity index (χ1n) is 8.91. The number of allylic oxidation sites excluding steroid dienone is 1. The summed E-state index contributed by atoms with van der Waals surface area (Å²) in [5.41, 5.74) is -0.853. The largest absolute Gasteiger partial charge is 0.462 e. The maximum absolute atomic E-state index is 11.5. The van der Waals surface area contributed by atoms with Gasteiger partial charge in [-0.15, -0.1) is 6.58 Å². The van der Waals surface area contributed by atoms with Crippen molar-refractivity contribution in [1.29, 1.82) is 0 Å². The second kappa shape index (κ2) is 14.5. The second-order valence-corrected chi connectivity index (χ2v) is 6.18. The van der Waals surface area contributed by atoms with Crippen LogP contribution in [0.1, 0.15) is 38.5 Å². The Labute approximate surface area is 161 Å². The monoisotopic (exact) mass is 378 g/mol. The van der Waals surface area contributed by atoms with Gasteiger partial charge in [0.1, 0.15) is 19.8 Å². The molecule has 0 heterocycles. The minimum Gasteiger partial charge on any atom is -0.462 e. The van der Waals surface area contributed by atoms with E-state index in [0.29, 0.717) is 6.42 Å². The number of carbonyl (C=O) groups is 3. The van der Waals surface area contributed by atoms with Crippen LogP contribution in [-0.4, -0.2) is 37.7 Å². The zero-order chi connectivity index (χ0) is 20.5. The number of rotatable bonds is 16. The highest BCUT2D eigenvalue weighted by Gasteiger charge is 2.35. The van der Waals surface area contributed by atoms with E-state index in [-0.39, 0.29) is 19.8 Å². The summed E-state index contributed by atoms with van der Waals surface area (Å²) in [5, 5.41) is 0. The molecule has 0 atom stereocenters. The van der Waals surface area contributed by atoms with Crippen molar-refractivity contribution in [3.05, 3.63) is 50.6 Å². The van der Waals surface area contributed by atoms with Gasteiger partial charge in [-0.3, -0.25) is 0 Å². The minimum atomic E-state index is -0.853. The highest BCUT2D eigenvalue weighted by molar-refractivity contribution is 5.82. The smallest absolute Gasteiger partial charge is 0.330 e. The van der Waals surface area contributed by atoms with E-state index in [1.807, 2.05) is 6.08 Å². The highest BCUT2D eigenvalue weighted by atomic mass is 16.6. The number of carbonyl (C=O) groups excluding carboxylic acids is 3. The fourth-order valence-electron chi connectivity index (χ4n) is 2.33. The van der Waals surface area contributed by atoms with E-state index >= 15 is 0 Å². The third kappa shape index (κ3) is 11.6. The molecule has 150 valence electrons. The second-order valence-electron chi connectivity index (χ2n) is 6.18. The van der Waals surface area contributed by atoms with E-state index in [2.05, 4.69) is 26.3 Å². The summed E-state index contributed by atoms with van der Waals surface area (Å²) in [6, 6.07) is 0. The van der Waals surface area contributed by atoms with Gasteiger partial charge in [-0.05, 0) is 19.3 Å². The van der Waals surface area contributed by atoms with Gasteiger partial charge < -0.3 is 14.2 Å². The maximum Gasteiger partial charge on any atom is 0.330 e. The molecule has 0 N–H and O–H groups in total. The van der Waals surface area contributed by atoms with E-state index in [1.165, 1.54) is 0 Å². The lowest BCUT2D eigenvalue weighted by molar-refractivity contribution is -0.156. The Hall–Kier alpha value is -2.63. The Kier molecular flexibility index (Phi) is 13.1. The topological polar surface area (TPSA) is 78.9 Å². The number of ether oxygens (including phenoxy) is 3. The molecular weight excluding hydrogens is 348 g/mol. The van der Waals surface area contributed by atoms with Crippen LogP contribution in [0.2, 0.25) is 0 Å². The SMILES string of the molecule is C=CCCCCCCC(COC(=O)C=C)(COC(=O)C=C)COC(=O)C=C. The normalized spacial score (nSPS) is 10.4. The molecule has 0 aromatic rings. The molecule has 0 radical (unpaired) electrons. The van der Waals surface area contributed by atoms with Crippen LogP contribution in [0.25, 0.3) is 0 Å². The van der Waals surface area contributed by atoms with Gasteiger partial charge in [0.2, 0.25) is 0 Å². The Balaban J connectivity index is 5.10. The van der Waals surface area contributed by atoms with E-state index in [9.17, 15) is 14.4 Å². The summed E-state index contributed by atoms with van der Waals surface area (Å²) in [6.07, 6.45) is 10.3. The summed E-state index contributed by atoms with van der Waals surface area (Å²) >= 11 is 0. The fourth-order valence-corrected chi connectivity index (χ4v) is 2.33. The molecule has 0 saturated heterocycles. The molecule has 0 rings (SSSR count). The summed E-state index contributed by atoms with van der Waals surface area (Å²) in [4.78, 5) is 34.5. The summed E-state index contributed by atoms with van der Waals surface area (Å²) in [7, 11) is 0. The van der Waals surface area contributed by atoms with Crippen molar-refractivity contribution in [3.63, 3.8) is 0 Å². The van der Waals surface area contributed by atoms with Gasteiger partial charge in [-0.1, -0.05) is 45.1 Å². The minimum absolute atomic E-state index is 0.0701. The standard InChI is InChI=1S/C21H30O6/c1-5-9-10-11-12-13-14-21(15-25-18(22)6-2,16-26-19(23)7-3)17-27-20(24)8-4/h5-8H,1-4,9-17H2. The summed E-state index contributed by atoms with van der Waals surface area (Å²) in [5.74, 6) is -1.80. The number of unbranched alkanes of at least 4 members (excludes halogenated alkanes) is 4. The first-order chi connectivity index (χ1) is 12.9. The zero-order valence-corrected chi connectivity index (χ0v) is 16.0. The van der Waals surface area contributed by atoms with Crippen LogP contribution in [0.5, 0.6) is 0 Å². The Morgan fingerprint density at radius 2 is 1.07 bits per heavy atom. The van der Waals surface area contributed by atoms with Crippen LogP contribution in [0.3, 0.4) is 0 Å². The molecule has 6 nitrogen and oxygen atoms in total. The van der Waals surface area contributed by atoms with E-state index in [0.717, 1.165) is 50.3 Å². The van der Waals surface area contributed by atoms with E-state index in [4.69, 9.17) is 14.2 Å². The van der Waals surface area contributed by atoms with Gasteiger partial charge in [-0.2, -0.15) is 0 Å². The van der Waals surface area contributed by atoms with Gasteiger partial charge in [0.15, 0.2) is 0 Å². The van der Waals surface area contributed by atoms with Gasteiger partial charge in [0.25, 0.3) is 0 Å². The number of hydrogen-bond acceptors (Lipinski definition) is 6. The molecule has 27 heavy (non-hydrogen) atoms. The Morgan fingerprint density at radius 3 is 1.44 bits per heavy atom. The summed E-state index contributed by atoms with van der Waals surface area (Å²) in [6.45, 7) is 13.6. The Morgan fingerprint density at radius 1 is 0.667 bits per heavy atom. The first kappa shape index (κ1) is 24.4. The van der Waals surface area contributed by atoms with Crippen molar-refractivity contribution in [3.8, 4) is 0 Å². The average Bonchev–Trinajstić information content (AvgIpc) is 2.70. The summed E-state index contributed by atoms with van der Waals surface area (Å²) < 4.78 is 15.5. The molecular formula is C21H30O6. The van der Waals surface area contributed by atoms with Gasteiger partial charge in [0, 0.05) is 18.2 Å². The van der Waals surface area contributed by atoms with Crippen molar-refractivity contribution in [2.24, 2.45) is 5.41 Å². The number of esters is 3. The molecule has 0 bridgehead atoms. The van der Waals surface area contributed by atoms with Crippen LogP contribution < -0.4 is 0 Å². The molecule has 0 saturated carbocycles.